The third-order valence-corrected chi connectivity index (χ3v) is 6.57. The highest BCUT2D eigenvalue weighted by molar-refractivity contribution is 6.46. The van der Waals surface area contributed by atoms with Crippen LogP contribution in [0.15, 0.2) is 65.3 Å². The zero-order chi connectivity index (χ0) is 28.1. The molecule has 2 heterocycles. The first-order chi connectivity index (χ1) is 19.4. The maximum absolute atomic E-state index is 13.5. The predicted octanol–water partition coefficient (Wildman–Crippen LogP) is 5.39. The molecule has 5 rings (SSSR count). The Labute approximate surface area is 226 Å². The summed E-state index contributed by atoms with van der Waals surface area (Å²) < 4.78 is 18.1. The zero-order valence-corrected chi connectivity index (χ0v) is 21.3. The van der Waals surface area contributed by atoms with Gasteiger partial charge in [0.2, 0.25) is 5.52 Å². The number of Topliss-reactive ketones (excluding diaryl/α,β-unsaturated/α-hetero) is 1. The van der Waals surface area contributed by atoms with Crippen LogP contribution in [0, 0.1) is 15.9 Å². The topological polar surface area (TPSA) is 156 Å². The number of carbonyl (C=O) groups excluding carboxylic acids is 2. The second-order valence-corrected chi connectivity index (χ2v) is 9.20. The molecular formula is C28H25FN6O5. The van der Waals surface area contributed by atoms with Crippen LogP contribution in [-0.4, -0.2) is 45.0 Å². The maximum atomic E-state index is 13.5. The fourth-order valence-electron chi connectivity index (χ4n) is 4.58. The molecule has 2 aromatic heterocycles. The van der Waals surface area contributed by atoms with Crippen LogP contribution < -0.4 is 10.6 Å². The van der Waals surface area contributed by atoms with Crippen LogP contribution >= 0.6 is 0 Å². The number of H-pyrrole nitrogens is 1. The number of nitro groups is 1. The zero-order valence-electron chi connectivity index (χ0n) is 21.3. The van der Waals surface area contributed by atoms with Crippen molar-refractivity contribution in [2.45, 2.75) is 25.7 Å². The molecule has 0 aliphatic heterocycles. The smallest absolute Gasteiger partial charge is 0.300 e. The SMILES string of the molecule is O=C(NCCCCCCNc1ccc([N+](=O)[O-])c2nonc12)C(=O)c1c(-c2ccc(F)cc2)[nH]c2ccccc12. The van der Waals surface area contributed by atoms with Crippen LogP contribution in [-0.2, 0) is 4.79 Å². The fraction of sp³-hybridized carbons (Fsp3) is 0.214. The Kier molecular flexibility index (Phi) is 7.76. The normalized spacial score (nSPS) is 11.1. The summed E-state index contributed by atoms with van der Waals surface area (Å²) in [5.41, 5.74) is 2.88. The van der Waals surface area contributed by atoms with E-state index in [9.17, 15) is 24.1 Å². The molecule has 0 bridgehead atoms. The third-order valence-electron chi connectivity index (χ3n) is 6.57. The van der Waals surface area contributed by atoms with Gasteiger partial charge in [-0.05, 0) is 65.1 Å². The predicted molar refractivity (Wildman–Crippen MR) is 146 cm³/mol. The molecule has 12 heteroatoms. The fourth-order valence-corrected chi connectivity index (χ4v) is 4.58. The molecule has 204 valence electrons. The first-order valence-electron chi connectivity index (χ1n) is 12.8. The molecule has 0 radical (unpaired) electrons. The monoisotopic (exact) mass is 544 g/mol. The lowest BCUT2D eigenvalue weighted by Crippen LogP contribution is -2.32. The first kappa shape index (κ1) is 26.5. The van der Waals surface area contributed by atoms with Crippen molar-refractivity contribution in [2.24, 2.45) is 0 Å². The minimum absolute atomic E-state index is 0.0951. The van der Waals surface area contributed by atoms with Gasteiger partial charge in [0.05, 0.1) is 21.9 Å². The number of amides is 1. The summed E-state index contributed by atoms with van der Waals surface area (Å²) in [6.45, 7) is 0.956. The second kappa shape index (κ2) is 11.7. The number of anilines is 1. The summed E-state index contributed by atoms with van der Waals surface area (Å²) in [4.78, 5) is 39.7. The molecule has 3 N–H and O–H groups in total. The van der Waals surface area contributed by atoms with Crippen molar-refractivity contribution in [3.63, 3.8) is 0 Å². The molecule has 0 saturated carbocycles. The van der Waals surface area contributed by atoms with Crippen molar-refractivity contribution in [1.29, 1.82) is 0 Å². The van der Waals surface area contributed by atoms with Crippen molar-refractivity contribution in [3.8, 4) is 11.3 Å². The van der Waals surface area contributed by atoms with E-state index in [1.54, 1.807) is 30.3 Å². The van der Waals surface area contributed by atoms with Crippen LogP contribution in [0.4, 0.5) is 15.8 Å². The quantitative estimate of drug-likeness (QED) is 0.0620. The summed E-state index contributed by atoms with van der Waals surface area (Å²) in [6, 6.07) is 15.9. The molecule has 0 aliphatic rings. The highest BCUT2D eigenvalue weighted by Crippen LogP contribution is 2.31. The van der Waals surface area contributed by atoms with Crippen molar-refractivity contribution in [3.05, 3.63) is 82.2 Å². The average Bonchev–Trinajstić information content (AvgIpc) is 3.60. The summed E-state index contributed by atoms with van der Waals surface area (Å²) in [5.74, 6) is -1.74. The van der Waals surface area contributed by atoms with Crippen molar-refractivity contribution < 1.29 is 23.5 Å². The van der Waals surface area contributed by atoms with Gasteiger partial charge < -0.3 is 15.6 Å². The van der Waals surface area contributed by atoms with E-state index >= 15 is 0 Å². The van der Waals surface area contributed by atoms with Crippen molar-refractivity contribution in [1.82, 2.24) is 20.6 Å². The number of ketones is 1. The largest absolute Gasteiger partial charge is 0.383 e. The van der Waals surface area contributed by atoms with Gasteiger partial charge in [0, 0.05) is 30.1 Å². The van der Waals surface area contributed by atoms with E-state index in [0.717, 1.165) is 19.3 Å². The van der Waals surface area contributed by atoms with Gasteiger partial charge in [0.15, 0.2) is 5.52 Å². The summed E-state index contributed by atoms with van der Waals surface area (Å²) >= 11 is 0. The number of halogens is 1. The Morgan fingerprint density at radius 1 is 0.925 bits per heavy atom. The highest BCUT2D eigenvalue weighted by atomic mass is 19.1. The Morgan fingerprint density at radius 2 is 1.65 bits per heavy atom. The summed E-state index contributed by atoms with van der Waals surface area (Å²) in [7, 11) is 0. The van der Waals surface area contributed by atoms with Crippen molar-refractivity contribution in [2.75, 3.05) is 18.4 Å². The molecular weight excluding hydrogens is 519 g/mol. The second-order valence-electron chi connectivity index (χ2n) is 9.20. The number of aromatic amines is 1. The maximum Gasteiger partial charge on any atom is 0.300 e. The molecule has 11 nitrogen and oxygen atoms in total. The summed E-state index contributed by atoms with van der Waals surface area (Å²) in [5, 5.41) is 25.0. The molecule has 0 fully saturated rings. The lowest BCUT2D eigenvalue weighted by molar-refractivity contribution is -0.383. The standard InChI is InChI=1S/C28H25FN6O5/c29-18-11-9-17(10-12-18)24-23(19-7-3-4-8-20(19)32-24)27(36)28(37)31-16-6-2-1-5-15-30-21-13-14-22(35(38)39)26-25(21)33-40-34-26/h3-4,7-14,30,32H,1-2,5-6,15-16H2,(H,31,37). The van der Waals surface area contributed by atoms with Gasteiger partial charge in [-0.25, -0.2) is 9.02 Å². The van der Waals surface area contributed by atoms with Crippen LogP contribution in [0.25, 0.3) is 33.2 Å². The minimum atomic E-state index is -0.696. The number of carbonyl (C=O) groups is 2. The number of benzene rings is 3. The number of hydrogen-bond donors (Lipinski definition) is 3. The van der Waals surface area contributed by atoms with Crippen LogP contribution in [0.1, 0.15) is 36.0 Å². The number of aromatic nitrogens is 3. The lowest BCUT2D eigenvalue weighted by atomic mass is 10.0. The number of hydrogen-bond acceptors (Lipinski definition) is 8. The van der Waals surface area contributed by atoms with E-state index in [1.807, 2.05) is 12.1 Å². The van der Waals surface area contributed by atoms with Gasteiger partial charge in [0.25, 0.3) is 11.7 Å². The number of rotatable bonds is 12. The summed E-state index contributed by atoms with van der Waals surface area (Å²) in [6.07, 6.45) is 3.19. The van der Waals surface area contributed by atoms with Crippen LogP contribution in [0.3, 0.4) is 0 Å². The van der Waals surface area contributed by atoms with Crippen LogP contribution in [0.2, 0.25) is 0 Å². The number of nitrogens with zero attached hydrogens (tertiary/aromatic N) is 3. The average molecular weight is 545 g/mol. The number of nitrogens with one attached hydrogen (secondary N) is 3. The molecule has 0 aliphatic carbocycles. The van der Waals surface area contributed by atoms with Crippen LogP contribution in [0.5, 0.6) is 0 Å². The van der Waals surface area contributed by atoms with Gasteiger partial charge in [-0.1, -0.05) is 31.0 Å². The van der Waals surface area contributed by atoms with Gasteiger partial charge in [0.1, 0.15) is 5.82 Å². The highest BCUT2D eigenvalue weighted by Gasteiger charge is 2.25. The van der Waals surface area contributed by atoms with E-state index in [-0.39, 0.29) is 16.8 Å². The number of unbranched alkanes of at least 4 members (excludes halogenated alkanes) is 3. The van der Waals surface area contributed by atoms with Gasteiger partial charge >= 0.3 is 5.69 Å². The number of para-hydroxylation sites is 1. The van der Waals surface area contributed by atoms with Gasteiger partial charge in [-0.3, -0.25) is 19.7 Å². The molecule has 1 amide bonds. The lowest BCUT2D eigenvalue weighted by Gasteiger charge is -2.08. The molecule has 0 saturated heterocycles. The van der Waals surface area contributed by atoms with E-state index in [0.29, 0.717) is 52.9 Å². The van der Waals surface area contributed by atoms with E-state index in [2.05, 4.69) is 30.6 Å². The number of non-ortho nitro benzene ring substituents is 1. The Bertz CT molecular complexity index is 1690. The number of fused-ring (bicyclic) bond motifs is 2. The molecule has 0 atom stereocenters. The molecule has 0 unspecified atom stereocenters. The van der Waals surface area contributed by atoms with Gasteiger partial charge in [-0.2, -0.15) is 0 Å². The first-order valence-corrected chi connectivity index (χ1v) is 12.8. The molecule has 40 heavy (non-hydrogen) atoms. The van der Waals surface area contributed by atoms with E-state index < -0.39 is 22.4 Å². The Balaban J connectivity index is 1.10. The molecule has 0 spiro atoms. The van der Waals surface area contributed by atoms with E-state index in [4.69, 9.17) is 0 Å². The third kappa shape index (κ3) is 5.51. The van der Waals surface area contributed by atoms with E-state index in [1.165, 1.54) is 18.2 Å². The Hall–Kier alpha value is -5.13. The number of nitro benzene ring substituents is 1. The van der Waals surface area contributed by atoms with Crippen molar-refractivity contribution >= 4 is 45.0 Å². The van der Waals surface area contributed by atoms with Gasteiger partial charge in [-0.15, -0.1) is 0 Å². The molecule has 3 aromatic carbocycles. The molecule has 5 aromatic rings. The minimum Gasteiger partial charge on any atom is -0.383 e. The Morgan fingerprint density at radius 3 is 2.42 bits per heavy atom.